The number of hydrogen-bond acceptors (Lipinski definition) is 1. The van der Waals surface area contributed by atoms with Crippen molar-refractivity contribution in [1.82, 2.24) is 0 Å². The molecule has 1 aromatic carbocycles. The van der Waals surface area contributed by atoms with Crippen LogP contribution in [0.2, 0.25) is 0 Å². The summed E-state index contributed by atoms with van der Waals surface area (Å²) in [5.41, 5.74) is 4.56. The summed E-state index contributed by atoms with van der Waals surface area (Å²) in [6.45, 7) is -0.338. The molecule has 0 saturated heterocycles. The van der Waals surface area contributed by atoms with Gasteiger partial charge in [0.15, 0.2) is 11.6 Å². The fraction of sp³-hybridized carbons (Fsp3) is 0.143. The summed E-state index contributed by atoms with van der Waals surface area (Å²) in [7, 11) is 0. The average Bonchev–Trinajstić information content (AvgIpc) is 1.99. The topological polar surface area (TPSA) is 26.0 Å². The Kier molecular flexibility index (Phi) is 4.06. The first-order valence-corrected chi connectivity index (χ1v) is 2.99. The van der Waals surface area contributed by atoms with Crippen LogP contribution in [0.25, 0.3) is 0 Å². The molecule has 2 N–H and O–H groups in total. The second kappa shape index (κ2) is 4.33. The van der Waals surface area contributed by atoms with E-state index in [1.165, 1.54) is 0 Å². The van der Waals surface area contributed by atoms with E-state index in [1.807, 2.05) is 0 Å². The summed E-state index contributed by atoms with van der Waals surface area (Å²) < 4.78 is 37.5. The van der Waals surface area contributed by atoms with Crippen molar-refractivity contribution in [2.75, 3.05) is 0 Å². The molecule has 0 bridgehead atoms. The maximum absolute atomic E-state index is 12.6. The van der Waals surface area contributed by atoms with Crippen LogP contribution in [0.5, 0.6) is 0 Å². The minimum absolute atomic E-state index is 0. The summed E-state index contributed by atoms with van der Waals surface area (Å²) in [4.78, 5) is 0. The van der Waals surface area contributed by atoms with Gasteiger partial charge in [-0.25, -0.2) is 13.2 Å². The van der Waals surface area contributed by atoms with E-state index in [9.17, 15) is 13.2 Å². The number of benzene rings is 1. The third kappa shape index (κ3) is 1.89. The van der Waals surface area contributed by atoms with Crippen LogP contribution in [0.4, 0.5) is 13.2 Å². The third-order valence-electron chi connectivity index (χ3n) is 1.34. The summed E-state index contributed by atoms with van der Waals surface area (Å²) in [5.74, 6) is -3.09. The van der Waals surface area contributed by atoms with Gasteiger partial charge in [-0.1, -0.05) is 0 Å². The lowest BCUT2D eigenvalue weighted by molar-refractivity contribution is 0.480. The lowest BCUT2D eigenvalue weighted by Gasteiger charge is -2.00. The van der Waals surface area contributed by atoms with Crippen molar-refractivity contribution in [2.45, 2.75) is 6.54 Å². The first-order chi connectivity index (χ1) is 5.16. The highest BCUT2D eigenvalue weighted by atomic mass is 35.5. The third-order valence-corrected chi connectivity index (χ3v) is 1.34. The molecule has 1 rings (SSSR count). The smallest absolute Gasteiger partial charge is 0.166 e. The molecule has 0 fully saturated rings. The van der Waals surface area contributed by atoms with Gasteiger partial charge in [-0.2, -0.15) is 0 Å². The highest BCUT2D eigenvalue weighted by Gasteiger charge is 2.10. The van der Waals surface area contributed by atoms with Gasteiger partial charge in [-0.05, 0) is 12.1 Å². The van der Waals surface area contributed by atoms with Gasteiger partial charge in [0.25, 0.3) is 0 Å². The molecule has 0 unspecified atom stereocenters. The van der Waals surface area contributed by atoms with E-state index < -0.39 is 23.0 Å². The van der Waals surface area contributed by atoms with E-state index in [1.54, 1.807) is 0 Å². The van der Waals surface area contributed by atoms with Crippen LogP contribution in [0.3, 0.4) is 0 Å². The van der Waals surface area contributed by atoms with E-state index in [-0.39, 0.29) is 19.0 Å². The van der Waals surface area contributed by atoms with Gasteiger partial charge in [0.2, 0.25) is 0 Å². The summed E-state index contributed by atoms with van der Waals surface area (Å²) in [6.07, 6.45) is 0. The summed E-state index contributed by atoms with van der Waals surface area (Å²) in [5, 5.41) is 0. The van der Waals surface area contributed by atoms with Gasteiger partial charge in [-0.15, -0.1) is 12.4 Å². The van der Waals surface area contributed by atoms with Crippen LogP contribution in [-0.4, -0.2) is 0 Å². The normalized spacial score (nSPS) is 9.33. The Labute approximate surface area is 73.8 Å². The Morgan fingerprint density at radius 2 is 1.58 bits per heavy atom. The maximum Gasteiger partial charge on any atom is 0.166 e. The van der Waals surface area contributed by atoms with Crippen LogP contribution >= 0.6 is 12.4 Å². The Morgan fingerprint density at radius 1 is 1.08 bits per heavy atom. The van der Waals surface area contributed by atoms with Gasteiger partial charge in [-0.3, -0.25) is 0 Å². The van der Waals surface area contributed by atoms with Gasteiger partial charge in [0.05, 0.1) is 0 Å². The monoisotopic (exact) mass is 197 g/mol. The SMILES string of the molecule is Cl.NCc1c(F)ccc(F)c1F. The highest BCUT2D eigenvalue weighted by Crippen LogP contribution is 2.14. The first-order valence-electron chi connectivity index (χ1n) is 2.99. The van der Waals surface area contributed by atoms with E-state index in [4.69, 9.17) is 5.73 Å². The zero-order valence-corrected chi connectivity index (χ0v) is 6.80. The number of halogens is 4. The van der Waals surface area contributed by atoms with Gasteiger partial charge in [0.1, 0.15) is 5.82 Å². The van der Waals surface area contributed by atoms with Crippen LogP contribution in [0, 0.1) is 17.5 Å². The Bertz CT molecular complexity index is 278. The van der Waals surface area contributed by atoms with Crippen molar-refractivity contribution in [1.29, 1.82) is 0 Å². The molecular weight excluding hydrogens is 191 g/mol. The second-order valence-electron chi connectivity index (χ2n) is 2.03. The lowest BCUT2D eigenvalue weighted by atomic mass is 10.2. The fourth-order valence-electron chi connectivity index (χ4n) is 0.756. The van der Waals surface area contributed by atoms with E-state index in [2.05, 4.69) is 0 Å². The predicted octanol–water partition coefficient (Wildman–Crippen LogP) is 1.98. The van der Waals surface area contributed by atoms with E-state index >= 15 is 0 Å². The van der Waals surface area contributed by atoms with Crippen molar-refractivity contribution in [3.05, 3.63) is 35.1 Å². The molecule has 12 heavy (non-hydrogen) atoms. The largest absolute Gasteiger partial charge is 0.326 e. The van der Waals surface area contributed by atoms with Crippen LogP contribution < -0.4 is 5.73 Å². The molecular formula is C7H7ClF3N. The molecule has 0 amide bonds. The van der Waals surface area contributed by atoms with Gasteiger partial charge >= 0.3 is 0 Å². The van der Waals surface area contributed by atoms with Crippen molar-refractivity contribution in [3.63, 3.8) is 0 Å². The summed E-state index contributed by atoms with van der Waals surface area (Å²) >= 11 is 0. The molecule has 0 aliphatic heterocycles. The van der Waals surface area contributed by atoms with Crippen LogP contribution in [-0.2, 0) is 6.54 Å². The molecule has 0 aromatic heterocycles. The fourth-order valence-corrected chi connectivity index (χ4v) is 0.756. The molecule has 5 heteroatoms. The quantitative estimate of drug-likeness (QED) is 0.685. The highest BCUT2D eigenvalue weighted by molar-refractivity contribution is 5.85. The molecule has 0 spiro atoms. The van der Waals surface area contributed by atoms with Crippen molar-refractivity contribution in [2.24, 2.45) is 5.73 Å². The van der Waals surface area contributed by atoms with Gasteiger partial charge < -0.3 is 5.73 Å². The number of hydrogen-bond donors (Lipinski definition) is 1. The number of rotatable bonds is 1. The Balaban J connectivity index is 0.00000121. The lowest BCUT2D eigenvalue weighted by Crippen LogP contribution is -2.04. The molecule has 0 radical (unpaired) electrons. The van der Waals surface area contributed by atoms with Crippen molar-refractivity contribution >= 4 is 12.4 Å². The Hall–Kier alpha value is -0.740. The molecule has 0 aliphatic carbocycles. The predicted molar refractivity (Wildman–Crippen MR) is 41.5 cm³/mol. The molecule has 0 saturated carbocycles. The van der Waals surface area contributed by atoms with Crippen LogP contribution in [0.15, 0.2) is 12.1 Å². The summed E-state index contributed by atoms with van der Waals surface area (Å²) in [6, 6.07) is 1.57. The molecule has 1 aromatic rings. The first kappa shape index (κ1) is 11.3. The second-order valence-corrected chi connectivity index (χ2v) is 2.03. The molecule has 0 atom stereocenters. The molecule has 0 heterocycles. The van der Waals surface area contributed by atoms with Gasteiger partial charge in [0, 0.05) is 12.1 Å². The zero-order chi connectivity index (χ0) is 8.43. The van der Waals surface area contributed by atoms with E-state index in [0.29, 0.717) is 0 Å². The molecule has 0 aliphatic rings. The molecule has 68 valence electrons. The van der Waals surface area contributed by atoms with Crippen molar-refractivity contribution in [3.8, 4) is 0 Å². The standard InChI is InChI=1S/C7H6F3N.ClH/c8-5-1-2-6(9)7(10)4(5)3-11;/h1-2H,3,11H2;1H. The zero-order valence-electron chi connectivity index (χ0n) is 5.98. The molecule has 1 nitrogen and oxygen atoms in total. The maximum atomic E-state index is 12.6. The minimum atomic E-state index is -1.20. The van der Waals surface area contributed by atoms with Crippen LogP contribution in [0.1, 0.15) is 5.56 Å². The number of nitrogens with two attached hydrogens (primary N) is 1. The Morgan fingerprint density at radius 3 is 2.00 bits per heavy atom. The average molecular weight is 198 g/mol. The van der Waals surface area contributed by atoms with E-state index in [0.717, 1.165) is 12.1 Å². The minimum Gasteiger partial charge on any atom is -0.326 e. The van der Waals surface area contributed by atoms with Crippen molar-refractivity contribution < 1.29 is 13.2 Å².